The first-order valence-corrected chi connectivity index (χ1v) is 7.52. The standard InChI is InChI=1S/C17H15BrFNO3/c1-22-15-9-11(6-7-16(20)21)8-13(18)17(15)23-10-12-4-2-3-5-14(12)19/h2-9H,10H2,1H3,(H2,20,21)/b7-6+. The summed E-state index contributed by atoms with van der Waals surface area (Å²) in [6.07, 6.45) is 2.82. The third kappa shape index (κ3) is 4.56. The predicted molar refractivity (Wildman–Crippen MR) is 89.7 cm³/mol. The van der Waals surface area contributed by atoms with Crippen LogP contribution in [0.1, 0.15) is 11.1 Å². The molecule has 2 aromatic carbocycles. The highest BCUT2D eigenvalue weighted by molar-refractivity contribution is 9.10. The summed E-state index contributed by atoms with van der Waals surface area (Å²) in [6.45, 7) is 0.0676. The number of ether oxygens (including phenoxy) is 2. The number of methoxy groups -OCH3 is 1. The molecule has 0 atom stereocenters. The molecule has 0 bridgehead atoms. The van der Waals surface area contributed by atoms with Gasteiger partial charge in [-0.2, -0.15) is 0 Å². The highest BCUT2D eigenvalue weighted by Crippen LogP contribution is 2.37. The van der Waals surface area contributed by atoms with Crippen LogP contribution in [0.2, 0.25) is 0 Å². The van der Waals surface area contributed by atoms with E-state index in [2.05, 4.69) is 15.9 Å². The largest absolute Gasteiger partial charge is 0.493 e. The molecule has 1 amide bonds. The van der Waals surface area contributed by atoms with Crippen LogP contribution < -0.4 is 15.2 Å². The molecule has 0 aromatic heterocycles. The number of carbonyl (C=O) groups is 1. The Bertz CT molecular complexity index is 747. The van der Waals surface area contributed by atoms with Crippen molar-refractivity contribution in [3.8, 4) is 11.5 Å². The fraction of sp³-hybridized carbons (Fsp3) is 0.118. The molecule has 0 aliphatic carbocycles. The number of primary amides is 1. The van der Waals surface area contributed by atoms with Gasteiger partial charge in [0.1, 0.15) is 12.4 Å². The molecule has 6 heteroatoms. The molecule has 23 heavy (non-hydrogen) atoms. The quantitative estimate of drug-likeness (QED) is 0.778. The highest BCUT2D eigenvalue weighted by atomic mass is 79.9. The Labute approximate surface area is 141 Å². The van der Waals surface area contributed by atoms with Gasteiger partial charge in [-0.1, -0.05) is 18.2 Å². The fourth-order valence-electron chi connectivity index (χ4n) is 1.92. The molecule has 0 heterocycles. The molecule has 0 unspecified atom stereocenters. The van der Waals surface area contributed by atoms with Crippen LogP contribution in [0.4, 0.5) is 4.39 Å². The molecule has 0 saturated heterocycles. The van der Waals surface area contributed by atoms with Crippen molar-refractivity contribution in [3.63, 3.8) is 0 Å². The average molecular weight is 380 g/mol. The lowest BCUT2D eigenvalue weighted by molar-refractivity contribution is -0.113. The van der Waals surface area contributed by atoms with Crippen LogP contribution in [0, 0.1) is 5.82 Å². The molecule has 0 aliphatic rings. The number of benzene rings is 2. The highest BCUT2D eigenvalue weighted by Gasteiger charge is 2.12. The van der Waals surface area contributed by atoms with Crippen molar-refractivity contribution in [2.24, 2.45) is 5.73 Å². The molecule has 0 saturated carbocycles. The predicted octanol–water partition coefficient (Wildman–Crippen LogP) is 3.67. The lowest BCUT2D eigenvalue weighted by atomic mass is 10.2. The summed E-state index contributed by atoms with van der Waals surface area (Å²) in [5.41, 5.74) is 6.23. The van der Waals surface area contributed by atoms with Gasteiger partial charge in [0, 0.05) is 11.6 Å². The Morgan fingerprint density at radius 2 is 2.09 bits per heavy atom. The number of nitrogens with two attached hydrogens (primary N) is 1. The maximum Gasteiger partial charge on any atom is 0.241 e. The second-order valence-electron chi connectivity index (χ2n) is 4.65. The Balaban J connectivity index is 2.24. The third-order valence-electron chi connectivity index (χ3n) is 3.02. The molecular formula is C17H15BrFNO3. The van der Waals surface area contributed by atoms with Gasteiger partial charge in [-0.3, -0.25) is 4.79 Å². The van der Waals surface area contributed by atoms with Crippen LogP contribution in [-0.4, -0.2) is 13.0 Å². The molecule has 0 fully saturated rings. The minimum Gasteiger partial charge on any atom is -0.493 e. The third-order valence-corrected chi connectivity index (χ3v) is 3.61. The second-order valence-corrected chi connectivity index (χ2v) is 5.50. The molecular weight excluding hydrogens is 365 g/mol. The zero-order valence-corrected chi connectivity index (χ0v) is 14.0. The summed E-state index contributed by atoms with van der Waals surface area (Å²) in [5, 5.41) is 0. The van der Waals surface area contributed by atoms with Gasteiger partial charge in [0.25, 0.3) is 0 Å². The van der Waals surface area contributed by atoms with Crippen LogP contribution in [-0.2, 0) is 11.4 Å². The molecule has 0 aliphatic heterocycles. The minimum atomic E-state index is -0.542. The SMILES string of the molecule is COc1cc(/C=C/C(N)=O)cc(Br)c1OCc1ccccc1F. The van der Waals surface area contributed by atoms with Gasteiger partial charge in [-0.05, 0) is 45.8 Å². The summed E-state index contributed by atoms with van der Waals surface area (Å²) in [7, 11) is 1.50. The summed E-state index contributed by atoms with van der Waals surface area (Å²) in [6, 6.07) is 9.84. The van der Waals surface area contributed by atoms with Crippen LogP contribution in [0.3, 0.4) is 0 Å². The molecule has 0 radical (unpaired) electrons. The summed E-state index contributed by atoms with van der Waals surface area (Å²) >= 11 is 3.39. The maximum atomic E-state index is 13.6. The Morgan fingerprint density at radius 3 is 2.74 bits per heavy atom. The van der Waals surface area contributed by atoms with Crippen molar-refractivity contribution in [1.82, 2.24) is 0 Å². The summed E-state index contributed by atoms with van der Waals surface area (Å²) in [5.74, 6) is 0.0374. The number of hydrogen-bond donors (Lipinski definition) is 1. The number of rotatable bonds is 6. The van der Waals surface area contributed by atoms with E-state index in [9.17, 15) is 9.18 Å². The number of carbonyl (C=O) groups excluding carboxylic acids is 1. The molecule has 2 aromatic rings. The van der Waals surface area contributed by atoms with Gasteiger partial charge >= 0.3 is 0 Å². The van der Waals surface area contributed by atoms with Crippen molar-refractivity contribution in [2.75, 3.05) is 7.11 Å². The van der Waals surface area contributed by atoms with E-state index >= 15 is 0 Å². The number of amides is 1. The van der Waals surface area contributed by atoms with E-state index in [1.165, 1.54) is 19.3 Å². The second kappa shape index (κ2) is 7.78. The van der Waals surface area contributed by atoms with Gasteiger partial charge in [-0.25, -0.2) is 4.39 Å². The van der Waals surface area contributed by atoms with Gasteiger partial charge in [0.2, 0.25) is 5.91 Å². The van der Waals surface area contributed by atoms with Crippen molar-refractivity contribution >= 4 is 27.9 Å². The molecule has 2 N–H and O–H groups in total. The maximum absolute atomic E-state index is 13.6. The lowest BCUT2D eigenvalue weighted by Gasteiger charge is -2.14. The van der Waals surface area contributed by atoms with Gasteiger partial charge in [0.05, 0.1) is 11.6 Å². The van der Waals surface area contributed by atoms with Crippen LogP contribution in [0.25, 0.3) is 6.08 Å². The van der Waals surface area contributed by atoms with E-state index in [0.717, 1.165) is 0 Å². The Morgan fingerprint density at radius 1 is 1.35 bits per heavy atom. The normalized spacial score (nSPS) is 10.7. The first-order valence-electron chi connectivity index (χ1n) is 6.72. The number of hydrogen-bond acceptors (Lipinski definition) is 3. The zero-order chi connectivity index (χ0) is 16.8. The minimum absolute atomic E-state index is 0.0676. The van der Waals surface area contributed by atoms with Crippen LogP contribution in [0.15, 0.2) is 46.9 Å². The molecule has 0 spiro atoms. The van der Waals surface area contributed by atoms with Crippen LogP contribution in [0.5, 0.6) is 11.5 Å². The monoisotopic (exact) mass is 379 g/mol. The lowest BCUT2D eigenvalue weighted by Crippen LogP contribution is -2.05. The van der Waals surface area contributed by atoms with E-state index in [0.29, 0.717) is 27.1 Å². The summed E-state index contributed by atoms with van der Waals surface area (Å²) in [4.78, 5) is 10.8. The summed E-state index contributed by atoms with van der Waals surface area (Å²) < 4.78 is 25.2. The van der Waals surface area contributed by atoms with Crippen molar-refractivity contribution < 1.29 is 18.7 Å². The van der Waals surface area contributed by atoms with E-state index < -0.39 is 5.91 Å². The Hall–Kier alpha value is -2.34. The van der Waals surface area contributed by atoms with Crippen LogP contribution >= 0.6 is 15.9 Å². The molecule has 120 valence electrons. The smallest absolute Gasteiger partial charge is 0.241 e. The number of halogens is 2. The van der Waals surface area contributed by atoms with Crippen molar-refractivity contribution in [1.29, 1.82) is 0 Å². The van der Waals surface area contributed by atoms with E-state index in [4.69, 9.17) is 15.2 Å². The first-order chi connectivity index (χ1) is 11.0. The zero-order valence-electron chi connectivity index (χ0n) is 12.4. The van der Waals surface area contributed by atoms with E-state index in [1.54, 1.807) is 36.4 Å². The average Bonchev–Trinajstić information content (AvgIpc) is 2.52. The topological polar surface area (TPSA) is 61.5 Å². The first kappa shape index (κ1) is 17.0. The van der Waals surface area contributed by atoms with E-state index in [-0.39, 0.29) is 12.4 Å². The van der Waals surface area contributed by atoms with Gasteiger partial charge < -0.3 is 15.2 Å². The fourth-order valence-corrected chi connectivity index (χ4v) is 2.49. The van der Waals surface area contributed by atoms with E-state index in [1.807, 2.05) is 0 Å². The van der Waals surface area contributed by atoms with Crippen molar-refractivity contribution in [2.45, 2.75) is 6.61 Å². The van der Waals surface area contributed by atoms with Crippen molar-refractivity contribution in [3.05, 3.63) is 63.9 Å². The van der Waals surface area contributed by atoms with Gasteiger partial charge in [-0.15, -0.1) is 0 Å². The van der Waals surface area contributed by atoms with Gasteiger partial charge in [0.15, 0.2) is 11.5 Å². The Kier molecular flexibility index (Phi) is 5.76. The molecule has 2 rings (SSSR count). The molecule has 4 nitrogen and oxygen atoms in total.